The van der Waals surface area contributed by atoms with Gasteiger partial charge in [0, 0.05) is 45.3 Å². The minimum Gasteiger partial charge on any atom is -0.365 e. The second kappa shape index (κ2) is 8.01. The van der Waals surface area contributed by atoms with Gasteiger partial charge >= 0.3 is 0 Å². The third-order valence-electron chi connectivity index (χ3n) is 6.49. The number of carbonyl (C=O) groups is 2. The summed E-state index contributed by atoms with van der Waals surface area (Å²) in [5.74, 6) is 1.02. The SMILES string of the molecule is CCC([CH2][AlH2])C(C)(C)CC.O=C1C=C(N2CC2)C(=O)C(N2CC2)=C1N1CC1. The highest BCUT2D eigenvalue weighted by atomic mass is 27.0. The zero-order valence-electron chi connectivity index (χ0n) is 17.7. The lowest BCUT2D eigenvalue weighted by molar-refractivity contribution is -0.117. The topological polar surface area (TPSA) is 43.2 Å². The molecule has 0 amide bonds. The molecular formula is C21H34AlN3O2. The third kappa shape index (κ3) is 4.60. The van der Waals surface area contributed by atoms with Crippen LogP contribution in [0.5, 0.6) is 0 Å². The summed E-state index contributed by atoms with van der Waals surface area (Å²) in [5, 5.41) is 1.47. The van der Waals surface area contributed by atoms with E-state index in [1.807, 2.05) is 14.7 Å². The van der Waals surface area contributed by atoms with Crippen molar-refractivity contribution in [1.82, 2.24) is 14.7 Å². The zero-order chi connectivity index (χ0) is 19.8. The molecule has 3 aliphatic heterocycles. The van der Waals surface area contributed by atoms with Gasteiger partial charge in [-0.3, -0.25) is 9.59 Å². The van der Waals surface area contributed by atoms with Gasteiger partial charge in [0.1, 0.15) is 11.4 Å². The monoisotopic (exact) mass is 387 g/mol. The van der Waals surface area contributed by atoms with Gasteiger partial charge in [0.2, 0.25) is 27.9 Å². The van der Waals surface area contributed by atoms with Crippen LogP contribution in [-0.4, -0.2) is 81.8 Å². The number of carbonyl (C=O) groups excluding carboxylic acids is 2. The molecule has 1 unspecified atom stereocenters. The summed E-state index contributed by atoms with van der Waals surface area (Å²) in [6, 6.07) is 0. The lowest BCUT2D eigenvalue weighted by atomic mass is 9.76. The van der Waals surface area contributed by atoms with E-state index in [1.165, 1.54) is 40.5 Å². The highest BCUT2D eigenvalue weighted by molar-refractivity contribution is 6.22. The van der Waals surface area contributed by atoms with Crippen molar-refractivity contribution in [3.05, 3.63) is 23.2 Å². The molecule has 6 heteroatoms. The predicted molar refractivity (Wildman–Crippen MR) is 111 cm³/mol. The molecule has 4 aliphatic rings. The second-order valence-electron chi connectivity index (χ2n) is 8.74. The van der Waals surface area contributed by atoms with Crippen LogP contribution < -0.4 is 0 Å². The van der Waals surface area contributed by atoms with Gasteiger partial charge in [0.25, 0.3) is 0 Å². The lowest BCUT2D eigenvalue weighted by Gasteiger charge is -2.32. The van der Waals surface area contributed by atoms with E-state index in [9.17, 15) is 9.59 Å². The largest absolute Gasteiger partial charge is 0.365 e. The Hall–Kier alpha value is -1.25. The molecule has 0 bridgehead atoms. The van der Waals surface area contributed by atoms with E-state index in [0.29, 0.717) is 22.5 Å². The summed E-state index contributed by atoms with van der Waals surface area (Å²) in [7, 11) is 0. The molecule has 3 saturated heterocycles. The normalized spacial score (nSPS) is 22.4. The molecule has 3 heterocycles. The molecule has 1 atom stereocenters. The van der Waals surface area contributed by atoms with E-state index in [1.54, 1.807) is 0 Å². The van der Waals surface area contributed by atoms with Gasteiger partial charge in [-0.25, -0.2) is 0 Å². The minimum atomic E-state index is 0.00546. The van der Waals surface area contributed by atoms with Crippen molar-refractivity contribution in [1.29, 1.82) is 0 Å². The zero-order valence-corrected chi connectivity index (χ0v) is 19.7. The van der Waals surface area contributed by atoms with Crippen LogP contribution >= 0.6 is 0 Å². The number of hydrogen-bond donors (Lipinski definition) is 0. The van der Waals surface area contributed by atoms with Gasteiger partial charge < -0.3 is 14.7 Å². The average molecular weight is 388 g/mol. The maximum Gasteiger partial charge on any atom is 0.227 e. The molecule has 0 aromatic heterocycles. The molecule has 5 nitrogen and oxygen atoms in total. The van der Waals surface area contributed by atoms with Gasteiger partial charge in [-0.15, -0.1) is 0 Å². The number of rotatable bonds is 7. The fraction of sp³-hybridized carbons (Fsp3) is 0.714. The summed E-state index contributed by atoms with van der Waals surface area (Å²) in [5.41, 5.74) is 2.48. The first-order chi connectivity index (χ1) is 12.8. The molecular weight excluding hydrogens is 353 g/mol. The Morgan fingerprint density at radius 1 is 0.963 bits per heavy atom. The Morgan fingerprint density at radius 3 is 1.85 bits per heavy atom. The molecule has 0 aromatic rings. The van der Waals surface area contributed by atoms with Crippen molar-refractivity contribution in [3.63, 3.8) is 0 Å². The first-order valence-corrected chi connectivity index (χ1v) is 12.0. The van der Waals surface area contributed by atoms with Crippen LogP contribution in [-0.2, 0) is 9.59 Å². The molecule has 1 aliphatic carbocycles. The summed E-state index contributed by atoms with van der Waals surface area (Å²) >= 11 is 1.37. The van der Waals surface area contributed by atoms with Gasteiger partial charge in [-0.2, -0.15) is 0 Å². The number of allylic oxidation sites excluding steroid dienone is 1. The second-order valence-corrected chi connectivity index (χ2v) is 9.55. The van der Waals surface area contributed by atoms with Crippen molar-refractivity contribution in [2.45, 2.75) is 45.8 Å². The molecule has 27 heavy (non-hydrogen) atoms. The van der Waals surface area contributed by atoms with Crippen molar-refractivity contribution < 1.29 is 9.59 Å². The molecule has 0 aromatic carbocycles. The van der Waals surface area contributed by atoms with Gasteiger partial charge in [-0.05, 0) is 11.3 Å². The van der Waals surface area contributed by atoms with Gasteiger partial charge in [-0.1, -0.05) is 45.8 Å². The first-order valence-electron chi connectivity index (χ1n) is 10.6. The molecule has 0 radical (unpaired) electrons. The Balaban J connectivity index is 0.000000183. The summed E-state index contributed by atoms with van der Waals surface area (Å²) in [6.45, 7) is 14.8. The number of ketones is 2. The van der Waals surface area contributed by atoms with Crippen LogP contribution in [0.15, 0.2) is 23.2 Å². The Kier molecular flexibility index (Phi) is 6.08. The average Bonchev–Trinajstić information content (AvgIpc) is 3.50. The quantitative estimate of drug-likeness (QED) is 0.378. The van der Waals surface area contributed by atoms with E-state index in [-0.39, 0.29) is 11.6 Å². The molecule has 4 rings (SSSR count). The van der Waals surface area contributed by atoms with Crippen molar-refractivity contribution in [2.24, 2.45) is 11.3 Å². The summed E-state index contributed by atoms with van der Waals surface area (Å²) in [6.07, 6.45) is 4.22. The third-order valence-corrected chi connectivity index (χ3v) is 7.48. The van der Waals surface area contributed by atoms with Crippen LogP contribution in [0.3, 0.4) is 0 Å². The molecule has 0 N–H and O–H groups in total. The van der Waals surface area contributed by atoms with Gasteiger partial charge in [0.15, 0.2) is 0 Å². The Morgan fingerprint density at radius 2 is 1.48 bits per heavy atom. The fourth-order valence-electron chi connectivity index (χ4n) is 3.96. The van der Waals surface area contributed by atoms with E-state index >= 15 is 0 Å². The van der Waals surface area contributed by atoms with E-state index < -0.39 is 0 Å². The van der Waals surface area contributed by atoms with E-state index in [2.05, 4.69) is 27.7 Å². The number of Topliss-reactive ketones (excluding diaryl/α,β-unsaturated/α-hetero) is 1. The van der Waals surface area contributed by atoms with Gasteiger partial charge in [0.05, 0.1) is 5.70 Å². The van der Waals surface area contributed by atoms with Crippen LogP contribution in [0.4, 0.5) is 0 Å². The highest BCUT2D eigenvalue weighted by Crippen LogP contribution is 2.35. The number of nitrogens with zero attached hydrogens (tertiary/aromatic N) is 3. The standard InChI is InChI=1S/C12H13N3O2.C9H19.Al.2H/c16-9-7-8(13-1-2-13)12(17)11(15-5-6-15)10(9)14-3-4-14;1-6-8(3)9(4,5)7-2;;;/h7H,1-6H2;8H,3,6-7H2,1-2,4-5H3;;;. The van der Waals surface area contributed by atoms with E-state index in [0.717, 1.165) is 45.2 Å². The van der Waals surface area contributed by atoms with Crippen LogP contribution in [0.1, 0.15) is 40.5 Å². The maximum absolute atomic E-state index is 12.4. The van der Waals surface area contributed by atoms with Crippen molar-refractivity contribution in [2.75, 3.05) is 39.3 Å². The summed E-state index contributed by atoms with van der Waals surface area (Å²) < 4.78 is 0. The first kappa shape index (κ1) is 20.5. The maximum atomic E-state index is 12.4. The molecule has 0 saturated carbocycles. The molecule has 148 valence electrons. The fourth-order valence-corrected chi connectivity index (χ4v) is 5.64. The predicted octanol–water partition coefficient (Wildman–Crippen LogP) is 1.68. The van der Waals surface area contributed by atoms with Crippen LogP contribution in [0, 0.1) is 11.3 Å². The molecule has 3 fully saturated rings. The summed E-state index contributed by atoms with van der Waals surface area (Å²) in [4.78, 5) is 30.5. The van der Waals surface area contributed by atoms with Crippen molar-refractivity contribution >= 4 is 27.9 Å². The smallest absolute Gasteiger partial charge is 0.227 e. The lowest BCUT2D eigenvalue weighted by Crippen LogP contribution is -2.29. The molecule has 0 spiro atoms. The van der Waals surface area contributed by atoms with Crippen LogP contribution in [0.25, 0.3) is 0 Å². The Bertz CT molecular complexity index is 667. The van der Waals surface area contributed by atoms with E-state index in [4.69, 9.17) is 0 Å². The van der Waals surface area contributed by atoms with Crippen LogP contribution in [0.2, 0.25) is 5.28 Å². The highest BCUT2D eigenvalue weighted by Gasteiger charge is 2.43. The minimum absolute atomic E-state index is 0.00546. The Labute approximate surface area is 171 Å². The number of hydrogen-bond acceptors (Lipinski definition) is 5. The van der Waals surface area contributed by atoms with Crippen molar-refractivity contribution in [3.8, 4) is 0 Å².